The minimum Gasteiger partial charge on any atom is -0.331 e. The van der Waals surface area contributed by atoms with Gasteiger partial charge in [0.05, 0.1) is 11.0 Å². The third-order valence-corrected chi connectivity index (χ3v) is 4.29. The second-order valence-corrected chi connectivity index (χ2v) is 5.51. The quantitative estimate of drug-likeness (QED) is 0.877. The highest BCUT2D eigenvalue weighted by Crippen LogP contribution is 2.24. The van der Waals surface area contributed by atoms with Gasteiger partial charge in [0, 0.05) is 13.5 Å². The molecule has 0 spiro atoms. The van der Waals surface area contributed by atoms with Crippen LogP contribution in [0.2, 0.25) is 0 Å². The first kappa shape index (κ1) is 11.7. The van der Waals surface area contributed by atoms with E-state index in [2.05, 4.69) is 48.1 Å². The predicted molar refractivity (Wildman–Crippen MR) is 74.6 cm³/mol. The van der Waals surface area contributed by atoms with E-state index in [9.17, 15) is 0 Å². The Bertz CT molecular complexity index is 544. The topological polar surface area (TPSA) is 29.9 Å². The molecule has 1 aromatic heterocycles. The van der Waals surface area contributed by atoms with Crippen molar-refractivity contribution in [3.63, 3.8) is 0 Å². The average Bonchev–Trinajstić information content (AvgIpc) is 2.70. The SMILES string of the molecule is CC1CNCCC1Cc1nc2ccccc2n1C. The largest absolute Gasteiger partial charge is 0.331 e. The van der Waals surface area contributed by atoms with Crippen LogP contribution in [0.5, 0.6) is 0 Å². The molecular weight excluding hydrogens is 222 g/mol. The fraction of sp³-hybridized carbons (Fsp3) is 0.533. The minimum absolute atomic E-state index is 0.749. The Morgan fingerprint density at radius 1 is 1.39 bits per heavy atom. The van der Waals surface area contributed by atoms with Crippen LogP contribution in [0.4, 0.5) is 0 Å². The van der Waals surface area contributed by atoms with Crippen molar-refractivity contribution in [2.24, 2.45) is 18.9 Å². The normalized spacial score (nSPS) is 24.6. The number of para-hydroxylation sites is 2. The van der Waals surface area contributed by atoms with Crippen molar-refractivity contribution >= 4 is 11.0 Å². The maximum absolute atomic E-state index is 4.78. The molecule has 1 fully saturated rings. The molecule has 3 rings (SSSR count). The molecule has 2 unspecified atom stereocenters. The summed E-state index contributed by atoms with van der Waals surface area (Å²) in [5.41, 5.74) is 2.37. The molecule has 1 aliphatic heterocycles. The van der Waals surface area contributed by atoms with Crippen LogP contribution in [0.1, 0.15) is 19.2 Å². The minimum atomic E-state index is 0.749. The van der Waals surface area contributed by atoms with Gasteiger partial charge in [0.2, 0.25) is 0 Å². The molecule has 3 heteroatoms. The summed E-state index contributed by atoms with van der Waals surface area (Å²) < 4.78 is 2.25. The molecule has 2 heterocycles. The maximum atomic E-state index is 4.78. The van der Waals surface area contributed by atoms with E-state index < -0.39 is 0 Å². The van der Waals surface area contributed by atoms with Crippen molar-refractivity contribution in [1.82, 2.24) is 14.9 Å². The van der Waals surface area contributed by atoms with Gasteiger partial charge in [-0.3, -0.25) is 0 Å². The zero-order valence-corrected chi connectivity index (χ0v) is 11.2. The number of hydrogen-bond acceptors (Lipinski definition) is 2. The van der Waals surface area contributed by atoms with Crippen LogP contribution in [0, 0.1) is 11.8 Å². The van der Waals surface area contributed by atoms with E-state index in [4.69, 9.17) is 4.98 Å². The first-order chi connectivity index (χ1) is 8.75. The lowest BCUT2D eigenvalue weighted by molar-refractivity contribution is 0.267. The number of benzene rings is 1. The van der Waals surface area contributed by atoms with Gasteiger partial charge in [0.15, 0.2) is 0 Å². The van der Waals surface area contributed by atoms with Crippen LogP contribution in [-0.2, 0) is 13.5 Å². The Morgan fingerprint density at radius 3 is 3.00 bits per heavy atom. The third-order valence-electron chi connectivity index (χ3n) is 4.29. The summed E-state index contributed by atoms with van der Waals surface area (Å²) in [5, 5.41) is 3.46. The number of fused-ring (bicyclic) bond motifs is 1. The Kier molecular flexibility index (Phi) is 3.08. The number of nitrogens with one attached hydrogen (secondary N) is 1. The van der Waals surface area contributed by atoms with Gasteiger partial charge >= 0.3 is 0 Å². The number of piperidine rings is 1. The van der Waals surface area contributed by atoms with E-state index in [1.165, 1.54) is 17.8 Å². The van der Waals surface area contributed by atoms with E-state index >= 15 is 0 Å². The van der Waals surface area contributed by atoms with Gasteiger partial charge < -0.3 is 9.88 Å². The number of aromatic nitrogens is 2. The highest BCUT2D eigenvalue weighted by Gasteiger charge is 2.23. The molecular formula is C15H21N3. The van der Waals surface area contributed by atoms with Crippen LogP contribution in [0.3, 0.4) is 0 Å². The second kappa shape index (κ2) is 4.73. The van der Waals surface area contributed by atoms with Crippen molar-refractivity contribution in [2.75, 3.05) is 13.1 Å². The van der Waals surface area contributed by atoms with Gasteiger partial charge in [-0.05, 0) is 43.5 Å². The van der Waals surface area contributed by atoms with E-state index in [1.54, 1.807) is 0 Å². The fourth-order valence-corrected chi connectivity index (χ4v) is 2.98. The van der Waals surface area contributed by atoms with E-state index in [-0.39, 0.29) is 0 Å². The summed E-state index contributed by atoms with van der Waals surface area (Å²) in [6, 6.07) is 8.40. The number of rotatable bonds is 2. The van der Waals surface area contributed by atoms with Crippen LogP contribution in [0.15, 0.2) is 24.3 Å². The molecule has 1 N–H and O–H groups in total. The molecule has 2 aromatic rings. The average molecular weight is 243 g/mol. The summed E-state index contributed by atoms with van der Waals surface area (Å²) in [4.78, 5) is 4.78. The highest BCUT2D eigenvalue weighted by molar-refractivity contribution is 5.75. The van der Waals surface area contributed by atoms with Crippen molar-refractivity contribution in [2.45, 2.75) is 19.8 Å². The van der Waals surface area contributed by atoms with Crippen LogP contribution in [0.25, 0.3) is 11.0 Å². The monoisotopic (exact) mass is 243 g/mol. The lowest BCUT2D eigenvalue weighted by atomic mass is 9.85. The number of hydrogen-bond donors (Lipinski definition) is 1. The van der Waals surface area contributed by atoms with Crippen molar-refractivity contribution in [1.29, 1.82) is 0 Å². The number of imidazole rings is 1. The van der Waals surface area contributed by atoms with Gasteiger partial charge in [-0.2, -0.15) is 0 Å². The first-order valence-electron chi connectivity index (χ1n) is 6.87. The molecule has 1 aliphatic rings. The van der Waals surface area contributed by atoms with Gasteiger partial charge in [0.1, 0.15) is 5.82 Å². The van der Waals surface area contributed by atoms with Crippen LogP contribution >= 0.6 is 0 Å². The summed E-state index contributed by atoms with van der Waals surface area (Å²) in [6.07, 6.45) is 2.37. The summed E-state index contributed by atoms with van der Waals surface area (Å²) in [6.45, 7) is 4.65. The number of nitrogens with zero attached hydrogens (tertiary/aromatic N) is 2. The van der Waals surface area contributed by atoms with Crippen molar-refractivity contribution in [3.05, 3.63) is 30.1 Å². The maximum Gasteiger partial charge on any atom is 0.109 e. The second-order valence-electron chi connectivity index (χ2n) is 5.51. The molecule has 1 saturated heterocycles. The van der Waals surface area contributed by atoms with E-state index in [1.807, 2.05) is 0 Å². The van der Waals surface area contributed by atoms with Crippen molar-refractivity contribution in [3.8, 4) is 0 Å². The standard InChI is InChI=1S/C15H21N3/c1-11-10-16-8-7-12(11)9-15-17-13-5-3-4-6-14(13)18(15)2/h3-6,11-12,16H,7-10H2,1-2H3. The molecule has 18 heavy (non-hydrogen) atoms. The van der Waals surface area contributed by atoms with Crippen LogP contribution in [-0.4, -0.2) is 22.6 Å². The molecule has 1 aromatic carbocycles. The molecule has 0 aliphatic carbocycles. The molecule has 3 nitrogen and oxygen atoms in total. The van der Waals surface area contributed by atoms with E-state index in [0.29, 0.717) is 0 Å². The molecule has 96 valence electrons. The van der Waals surface area contributed by atoms with Gasteiger partial charge in [-0.15, -0.1) is 0 Å². The summed E-state index contributed by atoms with van der Waals surface area (Å²) in [5.74, 6) is 2.75. The number of aryl methyl sites for hydroxylation is 1. The Hall–Kier alpha value is -1.35. The lowest BCUT2D eigenvalue weighted by Gasteiger charge is -2.29. The molecule has 0 saturated carbocycles. The summed E-state index contributed by atoms with van der Waals surface area (Å²) >= 11 is 0. The summed E-state index contributed by atoms with van der Waals surface area (Å²) in [7, 11) is 2.14. The lowest BCUT2D eigenvalue weighted by Crippen LogP contribution is -2.36. The van der Waals surface area contributed by atoms with Gasteiger partial charge in [-0.1, -0.05) is 19.1 Å². The van der Waals surface area contributed by atoms with E-state index in [0.717, 1.165) is 36.9 Å². The Balaban J connectivity index is 1.88. The van der Waals surface area contributed by atoms with Crippen LogP contribution < -0.4 is 5.32 Å². The first-order valence-corrected chi connectivity index (χ1v) is 6.87. The fourth-order valence-electron chi connectivity index (χ4n) is 2.98. The van der Waals surface area contributed by atoms with Gasteiger partial charge in [0.25, 0.3) is 0 Å². The zero-order chi connectivity index (χ0) is 12.5. The highest BCUT2D eigenvalue weighted by atomic mass is 15.1. The van der Waals surface area contributed by atoms with Gasteiger partial charge in [-0.25, -0.2) is 4.98 Å². The Morgan fingerprint density at radius 2 is 2.22 bits per heavy atom. The smallest absolute Gasteiger partial charge is 0.109 e. The molecule has 0 amide bonds. The predicted octanol–water partition coefficient (Wildman–Crippen LogP) is 2.36. The zero-order valence-electron chi connectivity index (χ0n) is 11.2. The molecule has 0 radical (unpaired) electrons. The van der Waals surface area contributed by atoms with Crippen molar-refractivity contribution < 1.29 is 0 Å². The third kappa shape index (κ3) is 2.03. The molecule has 0 bridgehead atoms. The Labute approximate surface area is 108 Å². The molecule has 2 atom stereocenters.